The predicted molar refractivity (Wildman–Crippen MR) is 142 cm³/mol. The fourth-order valence-corrected chi connectivity index (χ4v) is 4.58. The quantitative estimate of drug-likeness (QED) is 0.258. The first-order chi connectivity index (χ1) is 17.5. The lowest BCUT2D eigenvalue weighted by atomic mass is 9.77. The lowest BCUT2D eigenvalue weighted by molar-refractivity contribution is -0.122. The van der Waals surface area contributed by atoms with Crippen molar-refractivity contribution in [1.82, 2.24) is 14.9 Å². The van der Waals surface area contributed by atoms with Gasteiger partial charge in [-0.1, -0.05) is 97.4 Å². The molecule has 36 heavy (non-hydrogen) atoms. The van der Waals surface area contributed by atoms with Crippen molar-refractivity contribution in [2.24, 2.45) is 0 Å². The standard InChI is InChI=1S/C30H31N3O3/c1-23-22-33(29(36)31-28(23)35)21-13-5-12-20-27(34)32-30(24-14-6-2-7-15-24,25-16-8-3-9-17-25)26-18-10-4-11-19-26/h2-4,6-11,14-19,22H,5,12-13,20-21H2,1H3,(H,32,34)(H,31,35,36). The second-order valence-corrected chi connectivity index (χ2v) is 8.97. The van der Waals surface area contributed by atoms with Crippen molar-refractivity contribution < 1.29 is 4.79 Å². The summed E-state index contributed by atoms with van der Waals surface area (Å²) in [6, 6.07) is 30.1. The van der Waals surface area contributed by atoms with Gasteiger partial charge in [0, 0.05) is 24.7 Å². The number of aromatic nitrogens is 2. The number of aromatic amines is 1. The molecule has 1 amide bonds. The van der Waals surface area contributed by atoms with Crippen LogP contribution < -0.4 is 16.6 Å². The Labute approximate surface area is 210 Å². The van der Waals surface area contributed by atoms with Crippen LogP contribution >= 0.6 is 0 Å². The van der Waals surface area contributed by atoms with Crippen molar-refractivity contribution in [2.45, 2.75) is 44.7 Å². The molecule has 0 aliphatic heterocycles. The van der Waals surface area contributed by atoms with E-state index in [9.17, 15) is 14.4 Å². The zero-order chi connectivity index (χ0) is 25.4. The molecule has 0 saturated carbocycles. The van der Waals surface area contributed by atoms with Crippen LogP contribution in [0.15, 0.2) is 107 Å². The van der Waals surface area contributed by atoms with E-state index in [1.807, 2.05) is 91.0 Å². The van der Waals surface area contributed by atoms with Crippen molar-refractivity contribution in [3.8, 4) is 0 Å². The average molecular weight is 482 g/mol. The molecule has 1 heterocycles. The summed E-state index contributed by atoms with van der Waals surface area (Å²) in [5.74, 6) is -0.0383. The smallest absolute Gasteiger partial charge is 0.328 e. The minimum atomic E-state index is -0.818. The first-order valence-corrected chi connectivity index (χ1v) is 12.3. The maximum atomic E-state index is 13.3. The first-order valence-electron chi connectivity index (χ1n) is 12.3. The highest BCUT2D eigenvalue weighted by molar-refractivity contribution is 5.79. The number of hydrogen-bond donors (Lipinski definition) is 2. The van der Waals surface area contributed by atoms with Crippen LogP contribution in [0.4, 0.5) is 0 Å². The van der Waals surface area contributed by atoms with Crippen LogP contribution in [0.3, 0.4) is 0 Å². The van der Waals surface area contributed by atoms with Crippen molar-refractivity contribution >= 4 is 5.91 Å². The number of amides is 1. The van der Waals surface area contributed by atoms with Crippen molar-refractivity contribution in [3.63, 3.8) is 0 Å². The van der Waals surface area contributed by atoms with Gasteiger partial charge >= 0.3 is 5.69 Å². The second kappa shape index (κ2) is 11.5. The number of nitrogens with zero attached hydrogens (tertiary/aromatic N) is 1. The van der Waals surface area contributed by atoms with Gasteiger partial charge in [0.1, 0.15) is 5.54 Å². The summed E-state index contributed by atoms with van der Waals surface area (Å²) in [6.45, 7) is 2.18. The van der Waals surface area contributed by atoms with Gasteiger partial charge in [0.25, 0.3) is 5.56 Å². The zero-order valence-electron chi connectivity index (χ0n) is 20.4. The van der Waals surface area contributed by atoms with E-state index >= 15 is 0 Å². The third-order valence-corrected chi connectivity index (χ3v) is 6.44. The van der Waals surface area contributed by atoms with Gasteiger partial charge in [-0.25, -0.2) is 4.79 Å². The summed E-state index contributed by atoms with van der Waals surface area (Å²) in [7, 11) is 0. The maximum Gasteiger partial charge on any atom is 0.328 e. The Balaban J connectivity index is 1.50. The van der Waals surface area contributed by atoms with Gasteiger partial charge in [0.2, 0.25) is 5.91 Å². The molecule has 6 nitrogen and oxygen atoms in total. The minimum absolute atomic E-state index is 0.0383. The summed E-state index contributed by atoms with van der Waals surface area (Å²) in [5.41, 5.74) is 1.90. The molecule has 0 saturated heterocycles. The monoisotopic (exact) mass is 481 g/mol. The third kappa shape index (κ3) is 5.54. The van der Waals surface area contributed by atoms with E-state index < -0.39 is 11.2 Å². The largest absolute Gasteiger partial charge is 0.338 e. The summed E-state index contributed by atoms with van der Waals surface area (Å²) in [6.07, 6.45) is 4.17. The Hall–Kier alpha value is -4.19. The number of aryl methyl sites for hydroxylation is 2. The number of carbonyl (C=O) groups excluding carboxylic acids is 1. The Kier molecular flexibility index (Phi) is 7.95. The number of rotatable bonds is 10. The Bertz CT molecular complexity index is 1300. The van der Waals surface area contributed by atoms with Crippen molar-refractivity contribution in [3.05, 3.63) is 140 Å². The molecule has 0 unspecified atom stereocenters. The summed E-state index contributed by atoms with van der Waals surface area (Å²) in [5, 5.41) is 3.38. The van der Waals surface area contributed by atoms with Crippen LogP contribution in [-0.2, 0) is 16.9 Å². The number of nitrogens with one attached hydrogen (secondary N) is 2. The molecule has 0 radical (unpaired) electrons. The molecule has 0 aliphatic rings. The second-order valence-electron chi connectivity index (χ2n) is 8.97. The predicted octanol–water partition coefficient (Wildman–Crippen LogP) is 4.51. The molecular weight excluding hydrogens is 450 g/mol. The van der Waals surface area contributed by atoms with E-state index in [1.165, 1.54) is 4.57 Å². The van der Waals surface area contributed by atoms with E-state index in [0.29, 0.717) is 24.9 Å². The molecule has 2 N–H and O–H groups in total. The molecule has 1 aromatic heterocycles. The van der Waals surface area contributed by atoms with Crippen LogP contribution in [-0.4, -0.2) is 15.5 Å². The van der Waals surface area contributed by atoms with Gasteiger partial charge in [-0.15, -0.1) is 0 Å². The molecule has 4 rings (SSSR count). The highest BCUT2D eigenvalue weighted by Crippen LogP contribution is 2.36. The normalized spacial score (nSPS) is 11.2. The van der Waals surface area contributed by atoms with Gasteiger partial charge in [-0.2, -0.15) is 0 Å². The first kappa shape index (κ1) is 24.9. The fraction of sp³-hybridized carbons (Fsp3) is 0.233. The highest BCUT2D eigenvalue weighted by Gasteiger charge is 2.37. The van der Waals surface area contributed by atoms with Crippen LogP contribution in [0.1, 0.15) is 47.9 Å². The molecule has 0 spiro atoms. The van der Waals surface area contributed by atoms with E-state index in [4.69, 9.17) is 0 Å². The fourth-order valence-electron chi connectivity index (χ4n) is 4.58. The summed E-state index contributed by atoms with van der Waals surface area (Å²) >= 11 is 0. The number of carbonyl (C=O) groups is 1. The number of H-pyrrole nitrogens is 1. The Morgan fingerprint density at radius 2 is 1.28 bits per heavy atom. The van der Waals surface area contributed by atoms with E-state index in [1.54, 1.807) is 13.1 Å². The van der Waals surface area contributed by atoms with Crippen molar-refractivity contribution in [1.29, 1.82) is 0 Å². The average Bonchev–Trinajstić information content (AvgIpc) is 2.91. The van der Waals surface area contributed by atoms with Crippen LogP contribution in [0.25, 0.3) is 0 Å². The van der Waals surface area contributed by atoms with E-state index in [0.717, 1.165) is 29.5 Å². The van der Waals surface area contributed by atoms with E-state index in [2.05, 4.69) is 10.3 Å². The lowest BCUT2D eigenvalue weighted by Crippen LogP contribution is -2.47. The number of hydrogen-bond acceptors (Lipinski definition) is 3. The molecule has 3 aromatic carbocycles. The SMILES string of the molecule is Cc1cn(CCCCCC(=O)NC(c2ccccc2)(c2ccccc2)c2ccccc2)c(=O)[nH]c1=O. The maximum absolute atomic E-state index is 13.3. The van der Waals surface area contributed by atoms with Crippen LogP contribution in [0, 0.1) is 6.92 Å². The zero-order valence-corrected chi connectivity index (χ0v) is 20.4. The Morgan fingerprint density at radius 1 is 0.778 bits per heavy atom. The van der Waals surface area contributed by atoms with Gasteiger partial charge in [0.15, 0.2) is 0 Å². The molecule has 184 valence electrons. The number of benzene rings is 3. The van der Waals surface area contributed by atoms with Gasteiger partial charge in [-0.05, 0) is 36.5 Å². The van der Waals surface area contributed by atoms with Gasteiger partial charge in [-0.3, -0.25) is 14.6 Å². The van der Waals surface area contributed by atoms with Crippen molar-refractivity contribution in [2.75, 3.05) is 0 Å². The molecular formula is C30H31N3O3. The molecule has 0 fully saturated rings. The molecule has 0 bridgehead atoms. The Morgan fingerprint density at radius 3 is 1.78 bits per heavy atom. The summed E-state index contributed by atoms with van der Waals surface area (Å²) < 4.78 is 1.52. The third-order valence-electron chi connectivity index (χ3n) is 6.44. The minimum Gasteiger partial charge on any atom is -0.338 e. The molecule has 4 aromatic rings. The topological polar surface area (TPSA) is 84.0 Å². The molecule has 0 atom stereocenters. The summed E-state index contributed by atoms with van der Waals surface area (Å²) in [4.78, 5) is 39.2. The molecule has 0 aliphatic carbocycles. The lowest BCUT2D eigenvalue weighted by Gasteiger charge is -2.37. The van der Waals surface area contributed by atoms with Crippen LogP contribution in [0.5, 0.6) is 0 Å². The van der Waals surface area contributed by atoms with Gasteiger partial charge < -0.3 is 9.88 Å². The highest BCUT2D eigenvalue weighted by atomic mass is 16.2. The molecule has 6 heteroatoms. The number of unbranched alkanes of at least 4 members (excludes halogenated alkanes) is 2. The van der Waals surface area contributed by atoms with Crippen LogP contribution in [0.2, 0.25) is 0 Å². The van der Waals surface area contributed by atoms with E-state index in [-0.39, 0.29) is 11.5 Å². The van der Waals surface area contributed by atoms with Gasteiger partial charge in [0.05, 0.1) is 0 Å².